The van der Waals surface area contributed by atoms with E-state index in [0.717, 1.165) is 51.4 Å². The summed E-state index contributed by atoms with van der Waals surface area (Å²) in [6.07, 6.45) is 7.19. The third-order valence-electron chi connectivity index (χ3n) is 4.65. The Balaban J connectivity index is 0.00000261. The summed E-state index contributed by atoms with van der Waals surface area (Å²) in [4.78, 5) is 7.18. The van der Waals surface area contributed by atoms with Crippen LogP contribution in [0.3, 0.4) is 0 Å². The quantitative estimate of drug-likeness (QED) is 0.276. The Bertz CT molecular complexity index is 700. The van der Waals surface area contributed by atoms with Crippen LogP contribution < -0.4 is 15.5 Å². The number of benzene rings is 1. The number of nitrogens with zero attached hydrogens (tertiary/aromatic N) is 4. The highest BCUT2D eigenvalue weighted by molar-refractivity contribution is 14.0. The average molecular weight is 482 g/mol. The summed E-state index contributed by atoms with van der Waals surface area (Å²) < 4.78 is 1.85. The molecule has 7 heteroatoms. The van der Waals surface area contributed by atoms with Crippen LogP contribution in [0.1, 0.15) is 25.3 Å². The lowest BCUT2D eigenvalue weighted by Crippen LogP contribution is -2.44. The van der Waals surface area contributed by atoms with Gasteiger partial charge in [0.25, 0.3) is 0 Å². The van der Waals surface area contributed by atoms with Gasteiger partial charge in [0.1, 0.15) is 0 Å². The Morgan fingerprint density at radius 2 is 2.11 bits per heavy atom. The first-order valence-electron chi connectivity index (χ1n) is 9.57. The highest BCUT2D eigenvalue weighted by Gasteiger charge is 2.23. The van der Waals surface area contributed by atoms with Crippen molar-refractivity contribution in [1.82, 2.24) is 20.4 Å². The zero-order chi connectivity index (χ0) is 18.2. The van der Waals surface area contributed by atoms with Crippen molar-refractivity contribution < 1.29 is 0 Å². The second-order valence-electron chi connectivity index (χ2n) is 6.80. The van der Waals surface area contributed by atoms with Crippen LogP contribution >= 0.6 is 24.0 Å². The van der Waals surface area contributed by atoms with E-state index in [1.807, 2.05) is 17.9 Å². The molecule has 148 valence electrons. The Morgan fingerprint density at radius 1 is 1.30 bits per heavy atom. The van der Waals surface area contributed by atoms with E-state index >= 15 is 0 Å². The molecule has 0 radical (unpaired) electrons. The molecule has 27 heavy (non-hydrogen) atoms. The van der Waals surface area contributed by atoms with Crippen LogP contribution in [0.15, 0.2) is 47.7 Å². The lowest BCUT2D eigenvalue weighted by molar-refractivity contribution is 0.647. The van der Waals surface area contributed by atoms with Crippen molar-refractivity contribution in [2.45, 2.75) is 32.2 Å². The predicted octanol–water partition coefficient (Wildman–Crippen LogP) is 2.80. The molecule has 1 aliphatic rings. The molecule has 1 atom stereocenters. The molecule has 3 rings (SSSR count). The summed E-state index contributed by atoms with van der Waals surface area (Å²) in [5.41, 5.74) is 2.57. The number of guanidine groups is 1. The van der Waals surface area contributed by atoms with E-state index in [0.29, 0.717) is 6.04 Å². The number of halogens is 1. The minimum Gasteiger partial charge on any atom is -0.369 e. The minimum absolute atomic E-state index is 0. The third-order valence-corrected chi connectivity index (χ3v) is 4.65. The van der Waals surface area contributed by atoms with Crippen LogP contribution in [0.5, 0.6) is 0 Å². The molecule has 0 bridgehead atoms. The number of hydrogen-bond donors (Lipinski definition) is 2. The highest BCUT2D eigenvalue weighted by Crippen LogP contribution is 2.19. The van der Waals surface area contributed by atoms with Gasteiger partial charge in [-0.3, -0.25) is 9.67 Å². The number of anilines is 1. The Morgan fingerprint density at radius 3 is 2.81 bits per heavy atom. The number of nitrogens with one attached hydrogen (secondary N) is 2. The van der Waals surface area contributed by atoms with Gasteiger partial charge >= 0.3 is 0 Å². The topological polar surface area (TPSA) is 57.5 Å². The van der Waals surface area contributed by atoms with Crippen molar-refractivity contribution >= 4 is 35.6 Å². The van der Waals surface area contributed by atoms with Crippen molar-refractivity contribution in [1.29, 1.82) is 0 Å². The zero-order valence-corrected chi connectivity index (χ0v) is 18.6. The summed E-state index contributed by atoms with van der Waals surface area (Å²) >= 11 is 0. The number of aryl methyl sites for hydroxylation is 2. The first-order valence-corrected chi connectivity index (χ1v) is 9.57. The Kier molecular flexibility index (Phi) is 8.90. The Hall–Kier alpha value is -1.77. The summed E-state index contributed by atoms with van der Waals surface area (Å²) in [6.45, 7) is 5.91. The number of hydrogen-bond acceptors (Lipinski definition) is 3. The van der Waals surface area contributed by atoms with Crippen molar-refractivity contribution in [2.75, 3.05) is 31.1 Å². The van der Waals surface area contributed by atoms with Gasteiger partial charge in [-0.2, -0.15) is 5.10 Å². The van der Waals surface area contributed by atoms with Gasteiger partial charge in [0.2, 0.25) is 0 Å². The van der Waals surface area contributed by atoms with Crippen molar-refractivity contribution in [3.63, 3.8) is 0 Å². The van der Waals surface area contributed by atoms with Gasteiger partial charge in [0.05, 0.1) is 6.20 Å². The van der Waals surface area contributed by atoms with Crippen LogP contribution in [-0.2, 0) is 13.5 Å². The second-order valence-corrected chi connectivity index (χ2v) is 6.80. The predicted molar refractivity (Wildman–Crippen MR) is 123 cm³/mol. The van der Waals surface area contributed by atoms with Gasteiger partial charge in [-0.25, -0.2) is 0 Å². The lowest BCUT2D eigenvalue weighted by atomic mass is 10.2. The third kappa shape index (κ3) is 6.71. The maximum atomic E-state index is 4.75. The van der Waals surface area contributed by atoms with E-state index in [9.17, 15) is 0 Å². The minimum atomic E-state index is 0. The molecule has 2 heterocycles. The summed E-state index contributed by atoms with van der Waals surface area (Å²) in [5, 5.41) is 11.2. The standard InChI is InChI=1S/C20H30N6.HI/c1-3-21-20(22-12-7-8-17-14-23-25(2)15-17)24-18-11-13-26(16-18)19-9-5-4-6-10-19;/h4-6,9-10,14-15,18H,3,7-8,11-13,16H2,1-2H3,(H2,21,22,24);1H. The lowest BCUT2D eigenvalue weighted by Gasteiger charge is -2.20. The molecule has 2 N–H and O–H groups in total. The van der Waals surface area contributed by atoms with Crippen molar-refractivity contribution in [2.24, 2.45) is 12.0 Å². The molecule has 1 aromatic heterocycles. The van der Waals surface area contributed by atoms with Crippen molar-refractivity contribution in [3.05, 3.63) is 48.3 Å². The molecule has 1 unspecified atom stereocenters. The maximum Gasteiger partial charge on any atom is 0.191 e. The molecule has 1 aliphatic heterocycles. The molecular formula is C20H31IN6. The van der Waals surface area contributed by atoms with Crippen molar-refractivity contribution in [3.8, 4) is 0 Å². The fraction of sp³-hybridized carbons (Fsp3) is 0.500. The largest absolute Gasteiger partial charge is 0.369 e. The van der Waals surface area contributed by atoms with E-state index in [1.165, 1.54) is 11.3 Å². The van der Waals surface area contributed by atoms with E-state index in [4.69, 9.17) is 4.99 Å². The van der Waals surface area contributed by atoms with E-state index in [1.54, 1.807) is 0 Å². The maximum absolute atomic E-state index is 4.75. The molecule has 0 spiro atoms. The number of rotatable bonds is 7. The van der Waals surface area contributed by atoms with E-state index in [2.05, 4.69) is 64.1 Å². The van der Waals surface area contributed by atoms with Gasteiger partial charge < -0.3 is 15.5 Å². The highest BCUT2D eigenvalue weighted by atomic mass is 127. The first-order chi connectivity index (χ1) is 12.7. The average Bonchev–Trinajstić information content (AvgIpc) is 3.29. The van der Waals surface area contributed by atoms with Gasteiger partial charge in [-0.15, -0.1) is 24.0 Å². The molecule has 1 fully saturated rings. The summed E-state index contributed by atoms with van der Waals surface area (Å²) in [5.74, 6) is 0.929. The van der Waals surface area contributed by atoms with Crippen LogP contribution in [0, 0.1) is 0 Å². The molecule has 0 saturated carbocycles. The SMILES string of the molecule is CCNC(=NCCCc1cnn(C)c1)NC1CCN(c2ccccc2)C1.I. The van der Waals surface area contributed by atoms with Crippen LogP contribution in [-0.4, -0.2) is 48.0 Å². The van der Waals surface area contributed by atoms with E-state index in [-0.39, 0.29) is 24.0 Å². The molecule has 1 aromatic carbocycles. The van der Waals surface area contributed by atoms with Gasteiger partial charge in [0, 0.05) is 51.2 Å². The monoisotopic (exact) mass is 482 g/mol. The number of para-hydroxylation sites is 1. The molecule has 0 amide bonds. The zero-order valence-electron chi connectivity index (χ0n) is 16.3. The van der Waals surface area contributed by atoms with E-state index < -0.39 is 0 Å². The summed E-state index contributed by atoms with van der Waals surface area (Å²) in [7, 11) is 1.95. The second kappa shape index (κ2) is 11.2. The molecule has 0 aliphatic carbocycles. The number of aromatic nitrogens is 2. The Labute approximate surface area is 179 Å². The molecule has 6 nitrogen and oxygen atoms in total. The first kappa shape index (κ1) is 21.5. The van der Waals surface area contributed by atoms with Gasteiger partial charge in [0.15, 0.2) is 5.96 Å². The number of aliphatic imine (C=N–C) groups is 1. The molecule has 2 aromatic rings. The van der Waals surface area contributed by atoms with Gasteiger partial charge in [-0.05, 0) is 43.9 Å². The van der Waals surface area contributed by atoms with Crippen LogP contribution in [0.4, 0.5) is 5.69 Å². The van der Waals surface area contributed by atoms with Crippen LogP contribution in [0.25, 0.3) is 0 Å². The molecular weight excluding hydrogens is 451 g/mol. The van der Waals surface area contributed by atoms with Gasteiger partial charge in [-0.1, -0.05) is 18.2 Å². The summed E-state index contributed by atoms with van der Waals surface area (Å²) in [6, 6.07) is 11.1. The molecule has 1 saturated heterocycles. The normalized spacial score (nSPS) is 16.9. The fourth-order valence-corrected chi connectivity index (χ4v) is 3.34. The smallest absolute Gasteiger partial charge is 0.191 e. The van der Waals surface area contributed by atoms with Crippen LogP contribution in [0.2, 0.25) is 0 Å². The fourth-order valence-electron chi connectivity index (χ4n) is 3.34.